The van der Waals surface area contributed by atoms with E-state index >= 15 is 0 Å². The number of halogens is 3. The van der Waals surface area contributed by atoms with Gasteiger partial charge >= 0.3 is 5.97 Å². The Morgan fingerprint density at radius 2 is 1.50 bits per heavy atom. The van der Waals surface area contributed by atoms with E-state index in [0.717, 1.165) is 18.2 Å². The third-order valence-corrected chi connectivity index (χ3v) is 4.15. The summed E-state index contributed by atoms with van der Waals surface area (Å²) in [5.41, 5.74) is -1.62. The summed E-state index contributed by atoms with van der Waals surface area (Å²) in [6, 6.07) is 2.75. The van der Waals surface area contributed by atoms with Gasteiger partial charge in [-0.25, -0.2) is 4.79 Å². The molecule has 0 fully saturated rings. The second kappa shape index (κ2) is 6.68. The highest BCUT2D eigenvalue weighted by Gasteiger charge is 2.26. The molecule has 6 nitrogen and oxygen atoms in total. The molecule has 2 aromatic rings. The van der Waals surface area contributed by atoms with Gasteiger partial charge in [-0.05, 0) is 12.1 Å². The Morgan fingerprint density at radius 1 is 0.917 bits per heavy atom. The number of hydrogen-bond acceptors (Lipinski definition) is 5. The Bertz CT molecular complexity index is 892. The fourth-order valence-corrected chi connectivity index (χ4v) is 2.74. The quantitative estimate of drug-likeness (QED) is 0.541. The van der Waals surface area contributed by atoms with Gasteiger partial charge in [-0.3, -0.25) is 9.59 Å². The third kappa shape index (κ3) is 3.03. The maximum Gasteiger partial charge on any atom is 0.337 e. The second-order valence-electron chi connectivity index (χ2n) is 4.58. The normalized spacial score (nSPS) is 10.5. The first-order chi connectivity index (χ1) is 11.2. The third-order valence-electron chi connectivity index (χ3n) is 3.14. The number of hydrogen-bond donors (Lipinski definition) is 3. The largest absolute Gasteiger partial charge is 0.507 e. The summed E-state index contributed by atoms with van der Waals surface area (Å²) in [7, 11) is 0. The molecular formula is C15H7Cl3O6. The van der Waals surface area contributed by atoms with E-state index in [0.29, 0.717) is 0 Å². The first kappa shape index (κ1) is 18.1. The molecule has 0 aliphatic heterocycles. The predicted molar refractivity (Wildman–Crippen MR) is 87.0 cm³/mol. The van der Waals surface area contributed by atoms with Crippen LogP contribution in [0.4, 0.5) is 0 Å². The van der Waals surface area contributed by atoms with E-state index in [2.05, 4.69) is 0 Å². The van der Waals surface area contributed by atoms with E-state index in [1.807, 2.05) is 0 Å². The molecule has 0 unspecified atom stereocenters. The van der Waals surface area contributed by atoms with Crippen LogP contribution in [0.25, 0.3) is 0 Å². The zero-order chi connectivity index (χ0) is 18.2. The average molecular weight is 390 g/mol. The van der Waals surface area contributed by atoms with Crippen LogP contribution in [-0.4, -0.2) is 33.4 Å². The lowest BCUT2D eigenvalue weighted by atomic mass is 9.96. The number of rotatable bonds is 4. The van der Waals surface area contributed by atoms with Crippen molar-refractivity contribution in [3.8, 4) is 11.5 Å². The van der Waals surface area contributed by atoms with Crippen molar-refractivity contribution in [1.82, 2.24) is 0 Å². The number of aldehydes is 1. The lowest BCUT2D eigenvalue weighted by Gasteiger charge is -2.12. The molecule has 0 atom stereocenters. The number of carbonyl (C=O) groups excluding carboxylic acids is 2. The van der Waals surface area contributed by atoms with Crippen molar-refractivity contribution in [3.63, 3.8) is 0 Å². The van der Waals surface area contributed by atoms with E-state index in [4.69, 9.17) is 39.9 Å². The number of carboxylic acid groups (broad SMARTS) is 1. The van der Waals surface area contributed by atoms with Crippen LogP contribution in [0.15, 0.2) is 18.2 Å². The number of phenolic OH excluding ortho intramolecular Hbond substituents is 2. The molecule has 2 aromatic carbocycles. The number of carboxylic acids is 1. The van der Waals surface area contributed by atoms with Crippen LogP contribution in [0.3, 0.4) is 0 Å². The number of aromatic hydroxyl groups is 2. The molecule has 0 saturated heterocycles. The van der Waals surface area contributed by atoms with E-state index in [1.54, 1.807) is 0 Å². The van der Waals surface area contributed by atoms with Gasteiger partial charge < -0.3 is 15.3 Å². The minimum Gasteiger partial charge on any atom is -0.507 e. The van der Waals surface area contributed by atoms with Crippen molar-refractivity contribution >= 4 is 52.8 Å². The van der Waals surface area contributed by atoms with Gasteiger partial charge in [0.1, 0.15) is 11.5 Å². The van der Waals surface area contributed by atoms with Gasteiger partial charge in [-0.15, -0.1) is 0 Å². The summed E-state index contributed by atoms with van der Waals surface area (Å²) in [6.45, 7) is 0. The molecule has 0 heterocycles. The monoisotopic (exact) mass is 388 g/mol. The molecule has 2 rings (SSSR count). The van der Waals surface area contributed by atoms with Crippen LogP contribution in [-0.2, 0) is 0 Å². The van der Waals surface area contributed by atoms with Gasteiger partial charge in [-0.2, -0.15) is 0 Å². The smallest absolute Gasteiger partial charge is 0.337 e. The Balaban J connectivity index is 2.75. The molecule has 0 radical (unpaired) electrons. The van der Waals surface area contributed by atoms with Crippen LogP contribution in [0.2, 0.25) is 15.1 Å². The van der Waals surface area contributed by atoms with Crippen LogP contribution >= 0.6 is 34.8 Å². The number of carbonyl (C=O) groups is 3. The van der Waals surface area contributed by atoms with Crippen molar-refractivity contribution in [2.45, 2.75) is 0 Å². The van der Waals surface area contributed by atoms with Gasteiger partial charge in [0, 0.05) is 11.6 Å². The van der Waals surface area contributed by atoms with Crippen molar-refractivity contribution in [2.75, 3.05) is 0 Å². The van der Waals surface area contributed by atoms with Crippen molar-refractivity contribution in [3.05, 3.63) is 55.5 Å². The van der Waals surface area contributed by atoms with Crippen LogP contribution in [0, 0.1) is 0 Å². The summed E-state index contributed by atoms with van der Waals surface area (Å²) >= 11 is 17.5. The van der Waals surface area contributed by atoms with Crippen LogP contribution in [0.5, 0.6) is 11.5 Å². The average Bonchev–Trinajstić information content (AvgIpc) is 2.51. The number of benzene rings is 2. The first-order valence-electron chi connectivity index (χ1n) is 6.15. The van der Waals surface area contributed by atoms with Gasteiger partial charge in [0.25, 0.3) is 0 Å². The van der Waals surface area contributed by atoms with Gasteiger partial charge in [0.05, 0.1) is 31.8 Å². The molecule has 0 bridgehead atoms. The highest BCUT2D eigenvalue weighted by molar-refractivity contribution is 6.41. The molecule has 0 saturated carbocycles. The molecule has 0 aliphatic carbocycles. The van der Waals surface area contributed by atoms with E-state index in [1.165, 1.54) is 0 Å². The molecule has 0 aromatic heterocycles. The minimum atomic E-state index is -1.43. The molecule has 0 amide bonds. The summed E-state index contributed by atoms with van der Waals surface area (Å²) in [4.78, 5) is 35.0. The Kier molecular flexibility index (Phi) is 5.03. The van der Waals surface area contributed by atoms with Crippen molar-refractivity contribution < 1.29 is 29.7 Å². The molecule has 24 heavy (non-hydrogen) atoms. The van der Waals surface area contributed by atoms with Crippen molar-refractivity contribution in [1.29, 1.82) is 0 Å². The highest BCUT2D eigenvalue weighted by atomic mass is 35.5. The lowest BCUT2D eigenvalue weighted by Crippen LogP contribution is -2.10. The van der Waals surface area contributed by atoms with Gasteiger partial charge in [-0.1, -0.05) is 34.8 Å². The highest BCUT2D eigenvalue weighted by Crippen LogP contribution is 2.36. The van der Waals surface area contributed by atoms with Crippen molar-refractivity contribution in [2.24, 2.45) is 0 Å². The number of ketones is 1. The fourth-order valence-electron chi connectivity index (χ4n) is 2.01. The van der Waals surface area contributed by atoms with E-state index < -0.39 is 45.0 Å². The second-order valence-corrected chi connectivity index (χ2v) is 5.77. The van der Waals surface area contributed by atoms with Crippen LogP contribution < -0.4 is 0 Å². The molecule has 0 aliphatic rings. The summed E-state index contributed by atoms with van der Waals surface area (Å²) in [5, 5.41) is 27.2. The topological polar surface area (TPSA) is 112 Å². The molecule has 9 heteroatoms. The molecule has 124 valence electrons. The Labute approximate surface area is 149 Å². The molecular weight excluding hydrogens is 383 g/mol. The minimum absolute atomic E-state index is 0.187. The maximum atomic E-state index is 12.6. The first-order valence-corrected chi connectivity index (χ1v) is 7.29. The number of phenols is 2. The van der Waals surface area contributed by atoms with Gasteiger partial charge in [0.15, 0.2) is 12.1 Å². The SMILES string of the molecule is O=Cc1c(Cl)c(C(=O)O)cc(Cl)c1C(=O)c1cc(Cl)c(O)cc1O. The lowest BCUT2D eigenvalue weighted by molar-refractivity contribution is 0.0696. The van der Waals surface area contributed by atoms with Gasteiger partial charge in [0.2, 0.25) is 0 Å². The summed E-state index contributed by atoms with van der Waals surface area (Å²) < 4.78 is 0. The Morgan fingerprint density at radius 3 is 2.04 bits per heavy atom. The summed E-state index contributed by atoms with van der Waals surface area (Å²) in [6.07, 6.45) is 0.187. The summed E-state index contributed by atoms with van der Waals surface area (Å²) in [5.74, 6) is -3.40. The number of aromatic carboxylic acids is 1. The standard InChI is InChI=1S/C15H7Cl3O6/c16-8-1-5(10(20)3-11(8)21)14(22)12-7(4-19)13(18)6(15(23)24)2-9(12)17/h1-4,20-21H,(H,23,24). The molecule has 3 N–H and O–H groups in total. The fraction of sp³-hybridized carbons (Fsp3) is 0. The predicted octanol–water partition coefficient (Wildman–Crippen LogP) is 3.80. The Hall–Kier alpha value is -2.28. The maximum absolute atomic E-state index is 12.6. The molecule has 0 spiro atoms. The van der Waals surface area contributed by atoms with E-state index in [9.17, 15) is 24.6 Å². The zero-order valence-corrected chi connectivity index (χ0v) is 13.8. The van der Waals surface area contributed by atoms with E-state index in [-0.39, 0.29) is 21.9 Å². The van der Waals surface area contributed by atoms with Crippen LogP contribution in [0.1, 0.15) is 36.6 Å². The zero-order valence-electron chi connectivity index (χ0n) is 11.5.